The lowest BCUT2D eigenvalue weighted by Gasteiger charge is -2.64. The average Bonchev–Trinajstić information content (AvgIpc) is 3.73. The molecule has 3 aromatic rings. The molecule has 0 aromatic heterocycles. The standard InChI is InChI=1S/C35H42BN3O4.C7H14/c1-34(2)28-17-30(34)35(3)31(18-28)42-36(43-35)22-38-33(41)29-16-27(24-9-5-4-6-10-24)21-39(29)32(40)20-37-19-23-13-14-25-11-7-8-12-26(25)15-23;1-7-5-3-2-4-6-7/h4-15,27-31,37H,16-22H2,1-3H3,(H,38,41);7H,2-6H2,1H3/t27?,28?,29?,30?,31-,35+;/m1./s1. The van der Waals surface area contributed by atoms with Crippen molar-refractivity contribution in [1.82, 2.24) is 15.5 Å². The lowest BCUT2D eigenvalue weighted by atomic mass is 9.43. The summed E-state index contributed by atoms with van der Waals surface area (Å²) in [6.45, 7) is 10.5. The molecule has 8 heteroatoms. The molecule has 0 spiro atoms. The normalized spacial score (nSPS) is 29.9. The second-order valence-corrected chi connectivity index (χ2v) is 16.6. The first-order chi connectivity index (χ1) is 24.1. The van der Waals surface area contributed by atoms with E-state index in [1.165, 1.54) is 49.3 Å². The van der Waals surface area contributed by atoms with Crippen molar-refractivity contribution < 1.29 is 18.9 Å². The van der Waals surface area contributed by atoms with E-state index in [0.717, 1.165) is 23.5 Å². The Labute approximate surface area is 299 Å². The SMILES string of the molecule is CC1(C)C2CC1[C@]1(C)OB(CNC(=O)C3CC(c4ccccc4)CN3C(=O)CNCc3ccc4ccccc4c3)O[C@@H]1C2.CC1CCCCC1. The number of carbonyl (C=O) groups excluding carboxylic acids is 2. The third kappa shape index (κ3) is 7.26. The molecule has 3 aromatic carbocycles. The zero-order valence-corrected chi connectivity index (χ0v) is 30.5. The van der Waals surface area contributed by atoms with Gasteiger partial charge in [0.15, 0.2) is 0 Å². The van der Waals surface area contributed by atoms with E-state index < -0.39 is 13.2 Å². The second-order valence-electron chi connectivity index (χ2n) is 16.6. The first-order valence-electron chi connectivity index (χ1n) is 19.3. The number of hydrogen-bond donors (Lipinski definition) is 2. The summed E-state index contributed by atoms with van der Waals surface area (Å²) < 4.78 is 12.8. The van der Waals surface area contributed by atoms with Crippen molar-refractivity contribution in [2.45, 2.75) is 109 Å². The minimum atomic E-state index is -0.536. The molecule has 50 heavy (non-hydrogen) atoms. The smallest absolute Gasteiger partial charge is 0.404 e. The summed E-state index contributed by atoms with van der Waals surface area (Å²) >= 11 is 0. The number of nitrogens with zero attached hydrogens (tertiary/aromatic N) is 1. The first-order valence-corrected chi connectivity index (χ1v) is 19.3. The van der Waals surface area contributed by atoms with Crippen molar-refractivity contribution in [2.24, 2.45) is 23.2 Å². The highest BCUT2D eigenvalue weighted by molar-refractivity contribution is 6.46. The maximum absolute atomic E-state index is 13.6. The molecule has 6 fully saturated rings. The molecule has 2 amide bonds. The fourth-order valence-corrected chi connectivity index (χ4v) is 9.74. The highest BCUT2D eigenvalue weighted by Gasteiger charge is 2.67. The monoisotopic (exact) mass is 677 g/mol. The number of fused-ring (bicyclic) bond motifs is 1. The van der Waals surface area contributed by atoms with Gasteiger partial charge >= 0.3 is 7.12 Å². The quantitative estimate of drug-likeness (QED) is 0.245. The van der Waals surface area contributed by atoms with Gasteiger partial charge in [-0.25, -0.2) is 0 Å². The molecule has 6 aliphatic rings. The Morgan fingerprint density at radius 2 is 1.64 bits per heavy atom. The van der Waals surface area contributed by atoms with E-state index in [9.17, 15) is 9.59 Å². The van der Waals surface area contributed by atoms with Crippen LogP contribution < -0.4 is 10.6 Å². The third-order valence-corrected chi connectivity index (χ3v) is 13.0. The van der Waals surface area contributed by atoms with E-state index in [1.807, 2.05) is 30.3 Å². The zero-order chi connectivity index (χ0) is 34.9. The maximum atomic E-state index is 13.6. The van der Waals surface area contributed by atoms with Crippen LogP contribution in [0.2, 0.25) is 0 Å². The van der Waals surface area contributed by atoms with Crippen molar-refractivity contribution in [3.05, 3.63) is 83.9 Å². The maximum Gasteiger partial charge on any atom is 0.478 e. The molecule has 4 unspecified atom stereocenters. The van der Waals surface area contributed by atoms with E-state index >= 15 is 0 Å². The third-order valence-electron chi connectivity index (χ3n) is 13.0. The van der Waals surface area contributed by atoms with E-state index in [-0.39, 0.29) is 47.8 Å². The van der Waals surface area contributed by atoms with Crippen LogP contribution in [0.5, 0.6) is 0 Å². The first kappa shape index (κ1) is 35.2. The largest absolute Gasteiger partial charge is 0.478 e. The van der Waals surface area contributed by atoms with Crippen molar-refractivity contribution in [2.75, 3.05) is 19.5 Å². The molecule has 7 nitrogen and oxygen atoms in total. The van der Waals surface area contributed by atoms with Crippen molar-refractivity contribution in [3.63, 3.8) is 0 Å². The average molecular weight is 678 g/mol. The Balaban J connectivity index is 0.000000501. The summed E-state index contributed by atoms with van der Waals surface area (Å²) in [4.78, 5) is 29.0. The number of likely N-dealkylation sites (tertiary alicyclic amines) is 1. The molecule has 2 N–H and O–H groups in total. The molecule has 2 aliphatic heterocycles. The Morgan fingerprint density at radius 1 is 0.900 bits per heavy atom. The number of hydrogen-bond acceptors (Lipinski definition) is 5. The Kier molecular flexibility index (Phi) is 10.4. The number of nitrogens with one attached hydrogen (secondary N) is 2. The minimum absolute atomic E-state index is 0.0618. The lowest BCUT2D eigenvalue weighted by Crippen LogP contribution is -2.65. The zero-order valence-electron chi connectivity index (χ0n) is 30.5. The van der Waals surface area contributed by atoms with Gasteiger partial charge in [-0.05, 0) is 77.3 Å². The highest BCUT2D eigenvalue weighted by atomic mass is 16.7. The minimum Gasteiger partial charge on any atom is -0.404 e. The second kappa shape index (κ2) is 14.8. The summed E-state index contributed by atoms with van der Waals surface area (Å²) in [5, 5.41) is 8.79. The van der Waals surface area contributed by atoms with Gasteiger partial charge in [-0.15, -0.1) is 0 Å². The van der Waals surface area contributed by atoms with Crippen LogP contribution in [-0.4, -0.2) is 61.1 Å². The van der Waals surface area contributed by atoms with Gasteiger partial charge in [-0.2, -0.15) is 0 Å². The summed E-state index contributed by atoms with van der Waals surface area (Å²) in [5.74, 6) is 2.09. The van der Waals surface area contributed by atoms with Crippen LogP contribution in [0.15, 0.2) is 72.8 Å². The Bertz CT molecular complexity index is 1640. The molecular weight excluding hydrogens is 621 g/mol. The van der Waals surface area contributed by atoms with Gasteiger partial charge < -0.3 is 24.8 Å². The number of amides is 2. The molecule has 2 saturated heterocycles. The van der Waals surface area contributed by atoms with E-state index in [4.69, 9.17) is 9.31 Å². The van der Waals surface area contributed by atoms with Crippen LogP contribution in [0.3, 0.4) is 0 Å². The molecular formula is C42H56BN3O4. The molecule has 2 bridgehead atoms. The molecule has 2 heterocycles. The Hall–Kier alpha value is -3.20. The van der Waals surface area contributed by atoms with Gasteiger partial charge in [0.1, 0.15) is 6.04 Å². The van der Waals surface area contributed by atoms with Crippen LogP contribution in [-0.2, 0) is 25.4 Å². The molecule has 0 radical (unpaired) electrons. The molecule has 266 valence electrons. The van der Waals surface area contributed by atoms with E-state index in [0.29, 0.717) is 31.3 Å². The summed E-state index contributed by atoms with van der Waals surface area (Å²) in [5.41, 5.74) is 2.24. The lowest BCUT2D eigenvalue weighted by molar-refractivity contribution is -0.199. The predicted molar refractivity (Wildman–Crippen MR) is 200 cm³/mol. The van der Waals surface area contributed by atoms with Crippen LogP contribution >= 0.6 is 0 Å². The van der Waals surface area contributed by atoms with Gasteiger partial charge in [0.05, 0.1) is 24.7 Å². The van der Waals surface area contributed by atoms with Crippen LogP contribution in [0.25, 0.3) is 10.8 Å². The topological polar surface area (TPSA) is 79.9 Å². The van der Waals surface area contributed by atoms with Crippen LogP contribution in [0.1, 0.15) is 96.1 Å². The van der Waals surface area contributed by atoms with E-state index in [1.54, 1.807) is 4.90 Å². The van der Waals surface area contributed by atoms with Gasteiger partial charge in [-0.1, -0.05) is 120 Å². The fourth-order valence-electron chi connectivity index (χ4n) is 9.74. The summed E-state index contributed by atoms with van der Waals surface area (Å²) in [7, 11) is -0.465. The fraction of sp³-hybridized carbons (Fsp3) is 0.571. The van der Waals surface area contributed by atoms with Gasteiger partial charge in [0, 0.05) is 19.0 Å². The van der Waals surface area contributed by atoms with Crippen LogP contribution in [0.4, 0.5) is 0 Å². The summed E-state index contributed by atoms with van der Waals surface area (Å²) in [6, 6.07) is 24.3. The Morgan fingerprint density at radius 3 is 2.36 bits per heavy atom. The molecule has 6 atom stereocenters. The van der Waals surface area contributed by atoms with Gasteiger partial charge in [-0.3, -0.25) is 9.59 Å². The van der Waals surface area contributed by atoms with Gasteiger partial charge in [0.25, 0.3) is 0 Å². The molecule has 4 aliphatic carbocycles. The van der Waals surface area contributed by atoms with E-state index in [2.05, 4.69) is 80.8 Å². The van der Waals surface area contributed by atoms with Crippen molar-refractivity contribution in [3.8, 4) is 0 Å². The van der Waals surface area contributed by atoms with Crippen LogP contribution in [0, 0.1) is 23.2 Å². The predicted octanol–water partition coefficient (Wildman–Crippen LogP) is 7.28. The summed E-state index contributed by atoms with van der Waals surface area (Å²) in [6.07, 6.45) is 10.6. The molecule has 4 saturated carbocycles. The number of carbonyl (C=O) groups is 2. The molecule has 9 rings (SSSR count). The highest BCUT2D eigenvalue weighted by Crippen LogP contribution is 2.65. The van der Waals surface area contributed by atoms with Crippen molar-refractivity contribution in [1.29, 1.82) is 0 Å². The van der Waals surface area contributed by atoms with Gasteiger partial charge in [0.2, 0.25) is 11.8 Å². The number of benzene rings is 3. The number of rotatable bonds is 8. The van der Waals surface area contributed by atoms with Crippen molar-refractivity contribution >= 4 is 29.7 Å².